The maximum atomic E-state index is 9.02. The Labute approximate surface area is 108 Å². The van der Waals surface area contributed by atoms with Crippen molar-refractivity contribution in [3.05, 3.63) is 18.2 Å². The molecule has 1 unspecified atom stereocenters. The van der Waals surface area contributed by atoms with E-state index < -0.39 is 0 Å². The molecule has 0 radical (unpaired) electrons. The molecule has 0 saturated carbocycles. The van der Waals surface area contributed by atoms with E-state index in [0.29, 0.717) is 0 Å². The second-order valence-electron chi connectivity index (χ2n) is 4.45. The van der Waals surface area contributed by atoms with Gasteiger partial charge in [0.15, 0.2) is 11.5 Å². The minimum Gasteiger partial charge on any atom is -0.493 e. The zero-order valence-corrected chi connectivity index (χ0v) is 10.8. The number of hydrogen-bond donors (Lipinski definition) is 0. The standard InChI is InChI=1S/C14H18N2O2/c1-17-13-6-5-12(8-14(13)18-2)16-7-3-4-11(9-15)10-16/h5-6,8,11H,3-4,7,10H2,1-2H3. The number of rotatable bonds is 3. The van der Waals surface area contributed by atoms with Crippen molar-refractivity contribution >= 4 is 5.69 Å². The summed E-state index contributed by atoms with van der Waals surface area (Å²) in [5.41, 5.74) is 1.09. The summed E-state index contributed by atoms with van der Waals surface area (Å²) in [5.74, 6) is 1.59. The zero-order valence-electron chi connectivity index (χ0n) is 10.8. The molecule has 1 heterocycles. The van der Waals surface area contributed by atoms with Crippen LogP contribution in [0.25, 0.3) is 0 Å². The lowest BCUT2D eigenvalue weighted by Gasteiger charge is -2.31. The monoisotopic (exact) mass is 246 g/mol. The molecule has 0 bridgehead atoms. The molecule has 18 heavy (non-hydrogen) atoms. The van der Waals surface area contributed by atoms with Crippen molar-refractivity contribution in [1.82, 2.24) is 0 Å². The van der Waals surface area contributed by atoms with Gasteiger partial charge in [-0.15, -0.1) is 0 Å². The summed E-state index contributed by atoms with van der Waals surface area (Å²) in [7, 11) is 3.26. The van der Waals surface area contributed by atoms with Crippen LogP contribution in [-0.2, 0) is 0 Å². The zero-order chi connectivity index (χ0) is 13.0. The first-order chi connectivity index (χ1) is 8.78. The summed E-state index contributed by atoms with van der Waals surface area (Å²) >= 11 is 0. The predicted molar refractivity (Wildman–Crippen MR) is 70.1 cm³/mol. The summed E-state index contributed by atoms with van der Waals surface area (Å²) < 4.78 is 10.5. The number of hydrogen-bond acceptors (Lipinski definition) is 4. The predicted octanol–water partition coefficient (Wildman–Crippen LogP) is 2.44. The Balaban J connectivity index is 2.20. The highest BCUT2D eigenvalue weighted by molar-refractivity contribution is 5.56. The molecule has 0 N–H and O–H groups in total. The second kappa shape index (κ2) is 5.63. The van der Waals surface area contributed by atoms with Crippen LogP contribution >= 0.6 is 0 Å². The lowest BCUT2D eigenvalue weighted by atomic mass is 9.99. The van der Waals surface area contributed by atoms with Gasteiger partial charge in [0, 0.05) is 24.8 Å². The SMILES string of the molecule is COc1ccc(N2CCCC(C#N)C2)cc1OC. The van der Waals surface area contributed by atoms with Crippen LogP contribution in [0, 0.1) is 17.2 Å². The third kappa shape index (κ3) is 2.51. The molecule has 4 heteroatoms. The lowest BCUT2D eigenvalue weighted by Crippen LogP contribution is -2.34. The van der Waals surface area contributed by atoms with Gasteiger partial charge in [-0.05, 0) is 25.0 Å². The average Bonchev–Trinajstić information content (AvgIpc) is 2.46. The van der Waals surface area contributed by atoms with Gasteiger partial charge >= 0.3 is 0 Å². The number of benzene rings is 1. The van der Waals surface area contributed by atoms with E-state index in [2.05, 4.69) is 11.0 Å². The van der Waals surface area contributed by atoms with Gasteiger partial charge in [-0.2, -0.15) is 5.26 Å². The largest absolute Gasteiger partial charge is 0.493 e. The summed E-state index contributed by atoms with van der Waals surface area (Å²) in [6.07, 6.45) is 2.06. The Morgan fingerprint density at radius 2 is 2.06 bits per heavy atom. The number of anilines is 1. The molecule has 1 aromatic rings. The van der Waals surface area contributed by atoms with E-state index in [1.807, 2.05) is 18.2 Å². The smallest absolute Gasteiger partial charge is 0.162 e. The molecule has 0 aliphatic carbocycles. The van der Waals surface area contributed by atoms with Crippen molar-refractivity contribution in [3.8, 4) is 17.6 Å². The lowest BCUT2D eigenvalue weighted by molar-refractivity contribution is 0.355. The van der Waals surface area contributed by atoms with Gasteiger partial charge in [0.1, 0.15) is 0 Å². The number of nitriles is 1. The first-order valence-corrected chi connectivity index (χ1v) is 6.15. The van der Waals surface area contributed by atoms with Crippen LogP contribution < -0.4 is 14.4 Å². The summed E-state index contributed by atoms with van der Waals surface area (Å²) in [5, 5.41) is 9.02. The fourth-order valence-corrected chi connectivity index (χ4v) is 2.34. The van der Waals surface area contributed by atoms with Crippen LogP contribution in [0.2, 0.25) is 0 Å². The van der Waals surface area contributed by atoms with Crippen LogP contribution in [0.3, 0.4) is 0 Å². The summed E-state index contributed by atoms with van der Waals surface area (Å²) in [6, 6.07) is 8.25. The van der Waals surface area contributed by atoms with Crippen molar-refractivity contribution < 1.29 is 9.47 Å². The second-order valence-corrected chi connectivity index (χ2v) is 4.45. The molecule has 0 aromatic heterocycles. The maximum Gasteiger partial charge on any atom is 0.162 e. The molecule has 0 spiro atoms. The highest BCUT2D eigenvalue weighted by Crippen LogP contribution is 2.33. The third-order valence-electron chi connectivity index (χ3n) is 3.34. The number of methoxy groups -OCH3 is 2. The van der Waals surface area contributed by atoms with E-state index in [1.165, 1.54) is 0 Å². The van der Waals surface area contributed by atoms with E-state index in [9.17, 15) is 0 Å². The molecule has 1 saturated heterocycles. The molecule has 1 aromatic carbocycles. The quantitative estimate of drug-likeness (QED) is 0.821. The van der Waals surface area contributed by atoms with E-state index in [4.69, 9.17) is 14.7 Å². The van der Waals surface area contributed by atoms with Crippen LogP contribution in [0.5, 0.6) is 11.5 Å². The van der Waals surface area contributed by atoms with Gasteiger partial charge in [0.2, 0.25) is 0 Å². The maximum absolute atomic E-state index is 9.02. The number of ether oxygens (including phenoxy) is 2. The van der Waals surface area contributed by atoms with Crippen molar-refractivity contribution in [1.29, 1.82) is 5.26 Å². The first kappa shape index (κ1) is 12.6. The topological polar surface area (TPSA) is 45.5 Å². The Kier molecular flexibility index (Phi) is 3.93. The first-order valence-electron chi connectivity index (χ1n) is 6.15. The molecule has 1 aliphatic heterocycles. The van der Waals surface area contributed by atoms with Crippen LogP contribution in [-0.4, -0.2) is 27.3 Å². The minimum absolute atomic E-state index is 0.131. The van der Waals surface area contributed by atoms with Gasteiger partial charge in [0.25, 0.3) is 0 Å². The molecule has 1 aliphatic rings. The molecule has 0 amide bonds. The number of nitrogens with zero attached hydrogens (tertiary/aromatic N) is 2. The highest BCUT2D eigenvalue weighted by atomic mass is 16.5. The van der Waals surface area contributed by atoms with Gasteiger partial charge in [-0.3, -0.25) is 0 Å². The Hall–Kier alpha value is -1.89. The van der Waals surface area contributed by atoms with E-state index in [1.54, 1.807) is 14.2 Å². The van der Waals surface area contributed by atoms with Gasteiger partial charge in [-0.1, -0.05) is 0 Å². The van der Waals surface area contributed by atoms with Crippen molar-refractivity contribution in [3.63, 3.8) is 0 Å². The van der Waals surface area contributed by atoms with Crippen molar-refractivity contribution in [2.75, 3.05) is 32.2 Å². The molecule has 1 fully saturated rings. The molecular weight excluding hydrogens is 228 g/mol. The van der Waals surface area contributed by atoms with Crippen molar-refractivity contribution in [2.24, 2.45) is 5.92 Å². The summed E-state index contributed by atoms with van der Waals surface area (Å²) in [6.45, 7) is 1.79. The van der Waals surface area contributed by atoms with Crippen LogP contribution in [0.4, 0.5) is 5.69 Å². The fourth-order valence-electron chi connectivity index (χ4n) is 2.34. The van der Waals surface area contributed by atoms with Crippen LogP contribution in [0.1, 0.15) is 12.8 Å². The van der Waals surface area contributed by atoms with Gasteiger partial charge in [-0.25, -0.2) is 0 Å². The van der Waals surface area contributed by atoms with Crippen LogP contribution in [0.15, 0.2) is 18.2 Å². The average molecular weight is 246 g/mol. The Bertz CT molecular complexity index is 454. The minimum atomic E-state index is 0.131. The molecule has 2 rings (SSSR count). The molecule has 4 nitrogen and oxygen atoms in total. The third-order valence-corrected chi connectivity index (χ3v) is 3.34. The highest BCUT2D eigenvalue weighted by Gasteiger charge is 2.20. The number of piperidine rings is 1. The van der Waals surface area contributed by atoms with E-state index in [0.717, 1.165) is 43.1 Å². The Morgan fingerprint density at radius 3 is 2.72 bits per heavy atom. The van der Waals surface area contributed by atoms with E-state index >= 15 is 0 Å². The van der Waals surface area contributed by atoms with Crippen molar-refractivity contribution in [2.45, 2.75) is 12.8 Å². The van der Waals surface area contributed by atoms with Gasteiger partial charge < -0.3 is 14.4 Å². The molecule has 96 valence electrons. The Morgan fingerprint density at radius 1 is 1.28 bits per heavy atom. The normalized spacial score (nSPS) is 19.2. The molecular formula is C14H18N2O2. The molecule has 1 atom stereocenters. The fraction of sp³-hybridized carbons (Fsp3) is 0.500. The summed E-state index contributed by atoms with van der Waals surface area (Å²) in [4.78, 5) is 2.24. The van der Waals surface area contributed by atoms with Gasteiger partial charge in [0.05, 0.1) is 26.2 Å². The van der Waals surface area contributed by atoms with E-state index in [-0.39, 0.29) is 5.92 Å².